The topological polar surface area (TPSA) is 128 Å². The Bertz CT molecular complexity index is 1460. The minimum Gasteiger partial charge on any atom is -0.487 e. The average molecular weight is 631 g/mol. The van der Waals surface area contributed by atoms with Crippen LogP contribution in [0, 0.1) is 11.6 Å². The number of hydrogen-bond acceptors (Lipinski definition) is 10. The molecule has 234 valence electrons. The Kier molecular flexibility index (Phi) is 10.7. The van der Waals surface area contributed by atoms with E-state index in [9.17, 15) is 23.2 Å². The van der Waals surface area contributed by atoms with Crippen molar-refractivity contribution in [2.75, 3.05) is 64.2 Å². The first-order valence-electron chi connectivity index (χ1n) is 14.2. The van der Waals surface area contributed by atoms with Gasteiger partial charge in [-0.1, -0.05) is 12.1 Å². The summed E-state index contributed by atoms with van der Waals surface area (Å²) in [6, 6.07) is 9.30. The number of morpholine rings is 1. The van der Waals surface area contributed by atoms with E-state index in [-0.39, 0.29) is 56.4 Å². The number of carbonyl (C=O) groups excluding carboxylic acids is 3. The minimum atomic E-state index is -1.10. The highest BCUT2D eigenvalue weighted by molar-refractivity contribution is 7.14. The lowest BCUT2D eigenvalue weighted by molar-refractivity contribution is -0.134. The van der Waals surface area contributed by atoms with Gasteiger partial charge >= 0.3 is 0 Å². The van der Waals surface area contributed by atoms with Gasteiger partial charge in [0.15, 0.2) is 23.3 Å². The van der Waals surface area contributed by atoms with E-state index >= 15 is 0 Å². The van der Waals surface area contributed by atoms with Gasteiger partial charge in [-0.25, -0.2) is 9.37 Å². The van der Waals surface area contributed by atoms with Crippen molar-refractivity contribution in [2.24, 2.45) is 0 Å². The fourth-order valence-electron chi connectivity index (χ4n) is 4.74. The van der Waals surface area contributed by atoms with Crippen molar-refractivity contribution in [1.29, 1.82) is 0 Å². The molecule has 3 heterocycles. The number of ether oxygens (including phenoxy) is 4. The molecule has 0 aliphatic carbocycles. The van der Waals surface area contributed by atoms with Crippen LogP contribution in [0.25, 0.3) is 11.3 Å². The van der Waals surface area contributed by atoms with Gasteiger partial charge in [-0.15, -0.1) is 11.3 Å². The molecule has 0 bridgehead atoms. The standard InChI is InChI=1S/C30H32F2N4O7S/c31-23-7-5-22(24-18-44-30(34-24)36-10-13-41-14-11-36)28(27(23)32)42-16-15-40-12-9-33-26(38)17-43-20-3-1-19(2-4-20)21-6-8-25(37)35-29(21)39/h1-5,7,18,21H,6,8-17H2,(H,33,38)(H,35,37,39). The smallest absolute Gasteiger partial charge is 0.258 e. The first-order chi connectivity index (χ1) is 21.4. The van der Waals surface area contributed by atoms with Crippen molar-refractivity contribution in [1.82, 2.24) is 15.6 Å². The SMILES string of the molecule is O=C(COc1ccc(C2CCC(=O)NC2=O)cc1)NCCOCCOc1c(-c2csc(N3CCOCC3)n2)ccc(F)c1F. The van der Waals surface area contributed by atoms with Crippen LogP contribution < -0.4 is 25.0 Å². The molecule has 2 aromatic carbocycles. The van der Waals surface area contributed by atoms with Gasteiger partial charge < -0.3 is 29.2 Å². The van der Waals surface area contributed by atoms with E-state index in [2.05, 4.69) is 20.5 Å². The van der Waals surface area contributed by atoms with Crippen LogP contribution in [0.15, 0.2) is 41.8 Å². The summed E-state index contributed by atoms with van der Waals surface area (Å²) in [5, 5.41) is 7.56. The van der Waals surface area contributed by atoms with E-state index in [1.807, 2.05) is 0 Å². The molecule has 0 spiro atoms. The predicted molar refractivity (Wildman–Crippen MR) is 157 cm³/mol. The maximum Gasteiger partial charge on any atom is 0.258 e. The fourth-order valence-corrected chi connectivity index (χ4v) is 5.62. The van der Waals surface area contributed by atoms with E-state index in [1.165, 1.54) is 17.4 Å². The number of thiazole rings is 1. The number of imide groups is 1. The summed E-state index contributed by atoms with van der Waals surface area (Å²) in [5.74, 6) is -3.23. The minimum absolute atomic E-state index is 0.0420. The fraction of sp³-hybridized carbons (Fsp3) is 0.400. The summed E-state index contributed by atoms with van der Waals surface area (Å²) in [4.78, 5) is 42.2. The summed E-state index contributed by atoms with van der Waals surface area (Å²) >= 11 is 1.41. The molecule has 5 rings (SSSR count). The second kappa shape index (κ2) is 15.0. The number of rotatable bonds is 13. The first kappa shape index (κ1) is 31.3. The molecule has 1 atom stereocenters. The number of carbonyl (C=O) groups is 3. The third-order valence-electron chi connectivity index (χ3n) is 7.03. The van der Waals surface area contributed by atoms with Gasteiger partial charge in [0.2, 0.25) is 17.6 Å². The number of nitrogens with one attached hydrogen (secondary N) is 2. The molecule has 1 aromatic heterocycles. The molecule has 11 nitrogen and oxygen atoms in total. The van der Waals surface area contributed by atoms with E-state index in [0.717, 1.165) is 16.8 Å². The predicted octanol–water partition coefficient (Wildman–Crippen LogP) is 3.04. The summed E-state index contributed by atoms with van der Waals surface area (Å²) in [6.07, 6.45) is 0.745. The van der Waals surface area contributed by atoms with Crippen molar-refractivity contribution >= 4 is 34.2 Å². The molecular formula is C30H32F2N4O7S. The van der Waals surface area contributed by atoms with Crippen LogP contribution in [-0.4, -0.2) is 82.0 Å². The zero-order valence-electron chi connectivity index (χ0n) is 23.8. The summed E-state index contributed by atoms with van der Waals surface area (Å²) in [5.41, 5.74) is 1.60. The molecule has 2 fully saturated rings. The quantitative estimate of drug-likeness (QED) is 0.216. The second-order valence-corrected chi connectivity index (χ2v) is 10.9. The lowest BCUT2D eigenvalue weighted by Gasteiger charge is -2.26. The highest BCUT2D eigenvalue weighted by atomic mass is 32.1. The molecule has 3 amide bonds. The lowest BCUT2D eigenvalue weighted by Crippen LogP contribution is -2.39. The molecule has 3 aromatic rings. The third kappa shape index (κ3) is 8.07. The highest BCUT2D eigenvalue weighted by Gasteiger charge is 2.28. The molecule has 2 N–H and O–H groups in total. The van der Waals surface area contributed by atoms with Gasteiger partial charge in [-0.05, 0) is 36.2 Å². The van der Waals surface area contributed by atoms with Crippen molar-refractivity contribution in [3.63, 3.8) is 0 Å². The maximum absolute atomic E-state index is 14.7. The van der Waals surface area contributed by atoms with Gasteiger partial charge in [-0.3, -0.25) is 19.7 Å². The third-order valence-corrected chi connectivity index (χ3v) is 7.94. The molecule has 1 unspecified atom stereocenters. The van der Waals surface area contributed by atoms with Gasteiger partial charge in [0.25, 0.3) is 5.91 Å². The van der Waals surface area contributed by atoms with Crippen LogP contribution >= 0.6 is 11.3 Å². The number of halogens is 2. The molecular weight excluding hydrogens is 598 g/mol. The monoisotopic (exact) mass is 630 g/mol. The first-order valence-corrected chi connectivity index (χ1v) is 15.1. The zero-order chi connectivity index (χ0) is 30.9. The van der Waals surface area contributed by atoms with Crippen LogP contribution in [0.5, 0.6) is 11.5 Å². The number of anilines is 1. The Morgan fingerprint density at radius 1 is 1.07 bits per heavy atom. The van der Waals surface area contributed by atoms with Crippen molar-refractivity contribution in [3.8, 4) is 22.8 Å². The Hall–Kier alpha value is -4.14. The second-order valence-electron chi connectivity index (χ2n) is 10.0. The van der Waals surface area contributed by atoms with E-state index in [0.29, 0.717) is 56.2 Å². The normalized spacial score (nSPS) is 16.9. The average Bonchev–Trinajstić information content (AvgIpc) is 3.52. The molecule has 0 saturated carbocycles. The Morgan fingerprint density at radius 3 is 2.64 bits per heavy atom. The summed E-state index contributed by atoms with van der Waals surface area (Å²) < 4.78 is 50.6. The molecule has 2 saturated heterocycles. The number of nitrogens with zero attached hydrogens (tertiary/aromatic N) is 2. The van der Waals surface area contributed by atoms with E-state index in [1.54, 1.807) is 29.6 Å². The van der Waals surface area contributed by atoms with Crippen molar-refractivity contribution in [2.45, 2.75) is 18.8 Å². The van der Waals surface area contributed by atoms with Crippen molar-refractivity contribution < 1.29 is 42.1 Å². The highest BCUT2D eigenvalue weighted by Crippen LogP contribution is 2.36. The van der Waals surface area contributed by atoms with Gasteiger partial charge in [0.05, 0.1) is 38.0 Å². The van der Waals surface area contributed by atoms with E-state index < -0.39 is 17.6 Å². The Morgan fingerprint density at radius 2 is 1.86 bits per heavy atom. The lowest BCUT2D eigenvalue weighted by atomic mass is 9.90. The Labute approximate surface area is 256 Å². The molecule has 2 aliphatic heterocycles. The van der Waals surface area contributed by atoms with Crippen LogP contribution in [0.2, 0.25) is 0 Å². The number of hydrogen-bond donors (Lipinski definition) is 2. The van der Waals surface area contributed by atoms with Gasteiger partial charge in [-0.2, -0.15) is 4.39 Å². The number of amides is 3. The number of piperidine rings is 1. The van der Waals surface area contributed by atoms with Gasteiger partial charge in [0.1, 0.15) is 12.4 Å². The largest absolute Gasteiger partial charge is 0.487 e. The summed E-state index contributed by atoms with van der Waals surface area (Å²) in [7, 11) is 0. The van der Waals surface area contributed by atoms with Crippen molar-refractivity contribution in [3.05, 3.63) is 59.0 Å². The van der Waals surface area contributed by atoms with Crippen LogP contribution in [0.1, 0.15) is 24.3 Å². The molecule has 2 aliphatic rings. The van der Waals surface area contributed by atoms with Gasteiger partial charge in [0, 0.05) is 37.0 Å². The maximum atomic E-state index is 14.7. The number of aromatic nitrogens is 1. The molecule has 44 heavy (non-hydrogen) atoms. The Balaban J connectivity index is 1.01. The number of benzene rings is 2. The molecule has 0 radical (unpaired) electrons. The van der Waals surface area contributed by atoms with Crippen LogP contribution in [0.4, 0.5) is 13.9 Å². The van der Waals surface area contributed by atoms with E-state index in [4.69, 9.17) is 18.9 Å². The van der Waals surface area contributed by atoms with Crippen LogP contribution in [0.3, 0.4) is 0 Å². The molecule has 14 heteroatoms. The zero-order valence-corrected chi connectivity index (χ0v) is 24.6. The summed E-state index contributed by atoms with van der Waals surface area (Å²) in [6.45, 7) is 2.83. The van der Waals surface area contributed by atoms with Crippen LogP contribution in [-0.2, 0) is 23.9 Å².